The van der Waals surface area contributed by atoms with E-state index in [0.29, 0.717) is 58.4 Å². The molecule has 2 aliphatic heterocycles. The van der Waals surface area contributed by atoms with E-state index in [1.807, 2.05) is 31.2 Å². The van der Waals surface area contributed by atoms with Gasteiger partial charge < -0.3 is 33.7 Å². The predicted octanol–water partition coefficient (Wildman–Crippen LogP) is 5.54. The Morgan fingerprint density at radius 2 is 1.72 bits per heavy atom. The van der Waals surface area contributed by atoms with Crippen LogP contribution in [0.4, 0.5) is 5.69 Å². The van der Waals surface area contributed by atoms with Gasteiger partial charge in [-0.15, -0.1) is 0 Å². The molecule has 0 amide bonds. The molecule has 10 nitrogen and oxygen atoms in total. The van der Waals surface area contributed by atoms with E-state index >= 15 is 0 Å². The Labute approximate surface area is 298 Å². The van der Waals surface area contributed by atoms with Gasteiger partial charge in [-0.3, -0.25) is 0 Å². The normalized spacial score (nSPS) is 20.3. The summed E-state index contributed by atoms with van der Waals surface area (Å²) in [7, 11) is -0.434. The first-order chi connectivity index (χ1) is 24.2. The topological polar surface area (TPSA) is 107 Å². The SMILES string of the molecule is COCCCN1CCOc2ccc(CO[C@H]3CN(S(=O)(=O)c4ccc(C)cc4)[C@@H](CCO)C[C@@H]3c3ccc(COC[C@@H](C)COC)cc3)cc21. The molecule has 5 rings (SSSR count). The molecule has 4 atom stereocenters. The minimum absolute atomic E-state index is 0.0841. The molecule has 11 heteroatoms. The third-order valence-electron chi connectivity index (χ3n) is 9.59. The van der Waals surface area contributed by atoms with Crippen molar-refractivity contribution in [3.63, 3.8) is 0 Å². The smallest absolute Gasteiger partial charge is 0.243 e. The highest BCUT2D eigenvalue weighted by molar-refractivity contribution is 7.89. The Morgan fingerprint density at radius 3 is 2.44 bits per heavy atom. The Bertz CT molecular complexity index is 1580. The fourth-order valence-corrected chi connectivity index (χ4v) is 8.58. The van der Waals surface area contributed by atoms with Crippen LogP contribution in [0.15, 0.2) is 71.6 Å². The molecule has 3 aromatic carbocycles. The van der Waals surface area contributed by atoms with Crippen LogP contribution in [0.2, 0.25) is 0 Å². The van der Waals surface area contributed by atoms with Crippen molar-refractivity contribution in [2.24, 2.45) is 5.92 Å². The number of anilines is 1. The molecule has 0 bridgehead atoms. The molecule has 0 unspecified atom stereocenters. The van der Waals surface area contributed by atoms with Crippen LogP contribution in [0.25, 0.3) is 0 Å². The third-order valence-corrected chi connectivity index (χ3v) is 11.5. The van der Waals surface area contributed by atoms with Crippen molar-refractivity contribution in [2.75, 3.05) is 71.8 Å². The Kier molecular flexibility index (Phi) is 14.1. The lowest BCUT2D eigenvalue weighted by Gasteiger charge is -2.43. The lowest BCUT2D eigenvalue weighted by Crippen LogP contribution is -2.52. The number of hydrogen-bond acceptors (Lipinski definition) is 9. The Balaban J connectivity index is 1.39. The highest BCUT2D eigenvalue weighted by Crippen LogP contribution is 2.39. The molecule has 0 saturated carbocycles. The number of aliphatic hydroxyl groups is 1. The molecular formula is C39H54N2O8S. The molecular weight excluding hydrogens is 657 g/mol. The van der Waals surface area contributed by atoms with Crippen molar-refractivity contribution in [2.45, 2.75) is 69.3 Å². The van der Waals surface area contributed by atoms with Gasteiger partial charge >= 0.3 is 0 Å². The van der Waals surface area contributed by atoms with E-state index in [-0.39, 0.29) is 30.0 Å². The number of sulfonamides is 1. The molecule has 1 N–H and O–H groups in total. The minimum atomic E-state index is -3.85. The van der Waals surface area contributed by atoms with Gasteiger partial charge in [-0.2, -0.15) is 4.31 Å². The maximum atomic E-state index is 14.1. The van der Waals surface area contributed by atoms with Crippen LogP contribution in [0.1, 0.15) is 54.4 Å². The summed E-state index contributed by atoms with van der Waals surface area (Å²) in [5, 5.41) is 10.1. The lowest BCUT2D eigenvalue weighted by molar-refractivity contribution is -0.0225. The number of methoxy groups -OCH3 is 2. The number of fused-ring (bicyclic) bond motifs is 1. The van der Waals surface area contributed by atoms with E-state index in [1.54, 1.807) is 30.7 Å². The fourth-order valence-electron chi connectivity index (χ4n) is 6.90. The van der Waals surface area contributed by atoms with E-state index in [9.17, 15) is 13.5 Å². The van der Waals surface area contributed by atoms with E-state index in [0.717, 1.165) is 53.2 Å². The number of aryl methyl sites for hydroxylation is 1. The van der Waals surface area contributed by atoms with Gasteiger partial charge in [0.2, 0.25) is 10.0 Å². The minimum Gasteiger partial charge on any atom is -0.490 e. The average Bonchev–Trinajstić information content (AvgIpc) is 3.12. The van der Waals surface area contributed by atoms with Crippen LogP contribution in [-0.2, 0) is 42.2 Å². The fraction of sp³-hybridized carbons (Fsp3) is 0.538. The molecule has 0 aromatic heterocycles. The lowest BCUT2D eigenvalue weighted by atomic mass is 9.83. The number of benzene rings is 3. The average molecular weight is 711 g/mol. The van der Waals surface area contributed by atoms with Crippen molar-refractivity contribution in [1.82, 2.24) is 4.31 Å². The zero-order valence-electron chi connectivity index (χ0n) is 30.0. The summed E-state index contributed by atoms with van der Waals surface area (Å²) in [6, 6.07) is 21.1. The van der Waals surface area contributed by atoms with Gasteiger partial charge in [-0.1, -0.05) is 55.0 Å². The number of hydrogen-bond donors (Lipinski definition) is 1. The molecule has 2 aliphatic rings. The van der Waals surface area contributed by atoms with Crippen LogP contribution in [0.3, 0.4) is 0 Å². The summed E-state index contributed by atoms with van der Waals surface area (Å²) in [6.45, 7) is 9.17. The quantitative estimate of drug-likeness (QED) is 0.170. The summed E-state index contributed by atoms with van der Waals surface area (Å²) in [4.78, 5) is 2.57. The van der Waals surface area contributed by atoms with Crippen LogP contribution in [0, 0.1) is 12.8 Å². The van der Waals surface area contributed by atoms with Gasteiger partial charge in [0.15, 0.2) is 0 Å². The van der Waals surface area contributed by atoms with Gasteiger partial charge in [0, 0.05) is 58.4 Å². The Morgan fingerprint density at radius 1 is 0.960 bits per heavy atom. The molecule has 3 aromatic rings. The second kappa shape index (κ2) is 18.5. The van der Waals surface area contributed by atoms with Crippen molar-refractivity contribution in [3.8, 4) is 5.75 Å². The van der Waals surface area contributed by atoms with Gasteiger partial charge in [-0.05, 0) is 67.1 Å². The van der Waals surface area contributed by atoms with E-state index < -0.39 is 16.1 Å². The number of nitrogens with zero attached hydrogens (tertiary/aromatic N) is 2. The second-order valence-electron chi connectivity index (χ2n) is 13.5. The molecule has 0 aliphatic carbocycles. The summed E-state index contributed by atoms with van der Waals surface area (Å²) >= 11 is 0. The maximum absolute atomic E-state index is 14.1. The zero-order valence-corrected chi connectivity index (χ0v) is 30.8. The van der Waals surface area contributed by atoms with Gasteiger partial charge in [0.1, 0.15) is 12.4 Å². The van der Waals surface area contributed by atoms with Crippen LogP contribution in [-0.4, -0.2) is 96.9 Å². The van der Waals surface area contributed by atoms with E-state index in [4.69, 9.17) is 23.7 Å². The van der Waals surface area contributed by atoms with Crippen molar-refractivity contribution >= 4 is 15.7 Å². The van der Waals surface area contributed by atoms with E-state index in [1.165, 1.54) is 0 Å². The van der Waals surface area contributed by atoms with Gasteiger partial charge in [-0.25, -0.2) is 8.42 Å². The monoisotopic (exact) mass is 710 g/mol. The van der Waals surface area contributed by atoms with Crippen LogP contribution in [0.5, 0.6) is 5.75 Å². The molecule has 274 valence electrons. The molecule has 0 spiro atoms. The summed E-state index contributed by atoms with van der Waals surface area (Å²) < 4.78 is 58.9. The van der Waals surface area contributed by atoms with Crippen LogP contribution < -0.4 is 9.64 Å². The van der Waals surface area contributed by atoms with Gasteiger partial charge in [0.05, 0.1) is 49.7 Å². The van der Waals surface area contributed by atoms with Crippen molar-refractivity contribution in [3.05, 3.63) is 89.0 Å². The summed E-state index contributed by atoms with van der Waals surface area (Å²) in [5.41, 5.74) is 5.15. The van der Waals surface area contributed by atoms with Crippen molar-refractivity contribution in [1.29, 1.82) is 0 Å². The number of piperidine rings is 1. The largest absolute Gasteiger partial charge is 0.490 e. The van der Waals surface area contributed by atoms with Gasteiger partial charge in [0.25, 0.3) is 0 Å². The highest BCUT2D eigenvalue weighted by Gasteiger charge is 2.42. The first-order valence-corrected chi connectivity index (χ1v) is 19.1. The molecule has 2 heterocycles. The predicted molar refractivity (Wildman–Crippen MR) is 194 cm³/mol. The standard InChI is InChI=1S/C39H54N2O8S/c1-29-6-13-35(14-7-29)50(43,44)41-24-39(49-28-32-10-15-38-37(22-32)40(18-21-48-38)17-5-20-45-3)36(23-34(41)16-19-42)33-11-8-31(9-12-33)27-47-26-30(2)25-46-4/h6-15,22,30,34,36,39,42H,5,16-21,23-28H2,1-4H3/t30-,34-,36+,39-/m0/s1. The molecule has 1 saturated heterocycles. The highest BCUT2D eigenvalue weighted by atomic mass is 32.2. The number of rotatable bonds is 18. The molecule has 50 heavy (non-hydrogen) atoms. The van der Waals surface area contributed by atoms with Crippen molar-refractivity contribution < 1.29 is 37.2 Å². The first kappa shape index (κ1) is 38.2. The number of aliphatic hydroxyl groups excluding tert-OH is 1. The second-order valence-corrected chi connectivity index (χ2v) is 15.4. The number of ether oxygens (including phenoxy) is 5. The summed E-state index contributed by atoms with van der Waals surface area (Å²) in [6.07, 6.45) is 1.35. The Hall–Kier alpha value is -3.03. The first-order valence-electron chi connectivity index (χ1n) is 17.7. The zero-order chi connectivity index (χ0) is 35.5. The third kappa shape index (κ3) is 9.85. The molecule has 0 radical (unpaired) electrons. The maximum Gasteiger partial charge on any atom is 0.243 e. The van der Waals surface area contributed by atoms with E-state index in [2.05, 4.69) is 42.2 Å². The molecule has 1 fully saturated rings. The van der Waals surface area contributed by atoms with Crippen LogP contribution >= 0.6 is 0 Å². The summed E-state index contributed by atoms with van der Waals surface area (Å²) in [5.74, 6) is 1.08.